The zero-order chi connectivity index (χ0) is 11.8. The topological polar surface area (TPSA) is 81.2 Å². The fraction of sp³-hybridized carbons (Fsp3) is 0.333. The first-order valence-electron chi connectivity index (χ1n) is 4.60. The highest BCUT2D eigenvalue weighted by Gasteiger charge is 2.01. The number of aromatic nitrogens is 2. The van der Waals surface area contributed by atoms with E-state index in [0.717, 1.165) is 6.08 Å². The number of ether oxygens (including phenoxy) is 1. The van der Waals surface area contributed by atoms with Crippen LogP contribution in [0.3, 0.4) is 0 Å². The van der Waals surface area contributed by atoms with E-state index in [9.17, 15) is 9.59 Å². The lowest BCUT2D eigenvalue weighted by Crippen LogP contribution is -2.11. The van der Waals surface area contributed by atoms with Gasteiger partial charge in [0.05, 0.1) is 13.2 Å². The van der Waals surface area contributed by atoms with Crippen molar-refractivity contribution in [1.29, 1.82) is 0 Å². The van der Waals surface area contributed by atoms with Gasteiger partial charge in [-0.2, -0.15) is 0 Å². The van der Waals surface area contributed by atoms with E-state index in [4.69, 9.17) is 0 Å². The fourth-order valence-electron chi connectivity index (χ4n) is 0.823. The molecule has 0 aliphatic carbocycles. The van der Waals surface area contributed by atoms with Crippen molar-refractivity contribution in [2.45, 2.75) is 6.92 Å². The zero-order valence-electron chi connectivity index (χ0n) is 8.67. The number of anilines is 1. The average Bonchev–Trinajstić information content (AvgIpc) is 2.77. The second-order valence-corrected chi connectivity index (χ2v) is 3.48. The molecule has 0 aromatic carbocycles. The van der Waals surface area contributed by atoms with E-state index in [1.807, 2.05) is 0 Å². The van der Waals surface area contributed by atoms with Crippen molar-refractivity contribution in [3.8, 4) is 0 Å². The van der Waals surface area contributed by atoms with Gasteiger partial charge < -0.3 is 10.1 Å². The third kappa shape index (κ3) is 4.65. The Morgan fingerprint density at radius 3 is 3.00 bits per heavy atom. The third-order valence-electron chi connectivity index (χ3n) is 1.47. The van der Waals surface area contributed by atoms with Gasteiger partial charge in [-0.15, -0.1) is 10.2 Å². The lowest BCUT2D eigenvalue weighted by Gasteiger charge is -1.97. The van der Waals surface area contributed by atoms with Gasteiger partial charge in [-0.05, 0) is 13.0 Å². The molecular weight excluding hydrogens is 230 g/mol. The number of ketones is 1. The minimum absolute atomic E-state index is 0.0745. The van der Waals surface area contributed by atoms with Gasteiger partial charge in [0.2, 0.25) is 5.13 Å². The molecule has 0 fully saturated rings. The van der Waals surface area contributed by atoms with Crippen LogP contribution in [0.4, 0.5) is 5.13 Å². The predicted molar refractivity (Wildman–Crippen MR) is 59.2 cm³/mol. The van der Waals surface area contributed by atoms with E-state index in [0.29, 0.717) is 11.7 Å². The molecule has 86 valence electrons. The second kappa shape index (κ2) is 6.67. The summed E-state index contributed by atoms with van der Waals surface area (Å²) in [4.78, 5) is 22.1. The number of hydrogen-bond acceptors (Lipinski definition) is 7. The molecule has 1 aromatic heterocycles. The molecule has 7 heteroatoms. The van der Waals surface area contributed by atoms with Crippen molar-refractivity contribution in [1.82, 2.24) is 10.2 Å². The summed E-state index contributed by atoms with van der Waals surface area (Å²) in [5.41, 5.74) is 1.56. The second-order valence-electron chi connectivity index (χ2n) is 2.65. The molecule has 6 nitrogen and oxygen atoms in total. The maximum Gasteiger partial charge on any atom is 0.330 e. The normalized spacial score (nSPS) is 10.3. The molecule has 16 heavy (non-hydrogen) atoms. The first kappa shape index (κ1) is 12.3. The summed E-state index contributed by atoms with van der Waals surface area (Å²) >= 11 is 1.30. The maximum atomic E-state index is 11.2. The molecule has 1 heterocycles. The Bertz CT molecular complexity index is 375. The summed E-state index contributed by atoms with van der Waals surface area (Å²) in [5, 5.41) is 10.6. The summed E-state index contributed by atoms with van der Waals surface area (Å²) < 4.78 is 4.62. The highest BCUT2D eigenvalue weighted by Crippen LogP contribution is 2.06. The number of carbonyl (C=O) groups is 2. The van der Waals surface area contributed by atoms with Crippen molar-refractivity contribution in [2.75, 3.05) is 18.5 Å². The molecule has 0 atom stereocenters. The van der Waals surface area contributed by atoms with Gasteiger partial charge in [0, 0.05) is 6.08 Å². The van der Waals surface area contributed by atoms with Crippen molar-refractivity contribution >= 4 is 28.2 Å². The van der Waals surface area contributed by atoms with Crippen LogP contribution in [0.25, 0.3) is 0 Å². The number of nitrogens with zero attached hydrogens (tertiary/aromatic N) is 2. The largest absolute Gasteiger partial charge is 0.463 e. The lowest BCUT2D eigenvalue weighted by atomic mass is 10.3. The molecule has 1 N–H and O–H groups in total. The van der Waals surface area contributed by atoms with E-state index in [-0.39, 0.29) is 12.3 Å². The lowest BCUT2D eigenvalue weighted by molar-refractivity contribution is -0.137. The van der Waals surface area contributed by atoms with Crippen LogP contribution in [0, 0.1) is 0 Å². The summed E-state index contributed by atoms with van der Waals surface area (Å²) in [6.07, 6.45) is 2.28. The number of carbonyl (C=O) groups excluding carboxylic acids is 2. The molecular formula is C9H11N3O3S. The molecule has 0 bridgehead atoms. The van der Waals surface area contributed by atoms with Crippen molar-refractivity contribution in [3.63, 3.8) is 0 Å². The van der Waals surface area contributed by atoms with Crippen molar-refractivity contribution < 1.29 is 14.3 Å². The van der Waals surface area contributed by atoms with Crippen LogP contribution in [-0.4, -0.2) is 35.1 Å². The molecule has 0 saturated heterocycles. The third-order valence-corrected chi connectivity index (χ3v) is 2.11. The first-order valence-corrected chi connectivity index (χ1v) is 5.48. The molecule has 0 radical (unpaired) electrons. The van der Waals surface area contributed by atoms with Crippen LogP contribution in [0.1, 0.15) is 6.92 Å². The number of hydrogen-bond donors (Lipinski definition) is 1. The van der Waals surface area contributed by atoms with Gasteiger partial charge in [-0.25, -0.2) is 4.79 Å². The Balaban J connectivity index is 2.28. The van der Waals surface area contributed by atoms with Crippen LogP contribution in [0.2, 0.25) is 0 Å². The van der Waals surface area contributed by atoms with E-state index >= 15 is 0 Å². The number of esters is 1. The smallest absolute Gasteiger partial charge is 0.330 e. The monoisotopic (exact) mass is 241 g/mol. The Hall–Kier alpha value is -1.76. The average molecular weight is 241 g/mol. The van der Waals surface area contributed by atoms with Gasteiger partial charge in [0.1, 0.15) is 5.51 Å². The van der Waals surface area contributed by atoms with Gasteiger partial charge in [0.15, 0.2) is 5.78 Å². The maximum absolute atomic E-state index is 11.2. The van der Waals surface area contributed by atoms with Gasteiger partial charge in [-0.3, -0.25) is 4.79 Å². The number of nitrogens with one attached hydrogen (secondary N) is 1. The van der Waals surface area contributed by atoms with Crippen LogP contribution in [-0.2, 0) is 14.3 Å². The van der Waals surface area contributed by atoms with Crippen molar-refractivity contribution in [3.05, 3.63) is 17.7 Å². The molecule has 0 spiro atoms. The Labute approximate surface area is 96.3 Å². The predicted octanol–water partition coefficient (Wildman–Crippen LogP) is 0.638. The molecule has 0 unspecified atom stereocenters. The summed E-state index contributed by atoms with van der Waals surface area (Å²) in [6.45, 7) is 2.07. The van der Waals surface area contributed by atoms with Crippen LogP contribution >= 0.6 is 11.3 Å². The standard InChI is InChI=1S/C9H11N3O3S/c1-2-15-8(14)4-3-7(13)5-10-9-12-11-6-16-9/h3-4,6H,2,5H2,1H3,(H,10,12)/b4-3+. The summed E-state index contributed by atoms with van der Waals surface area (Å²) in [7, 11) is 0. The SMILES string of the molecule is CCOC(=O)/C=C/C(=O)CNc1nncs1. The molecule has 1 rings (SSSR count). The van der Waals surface area contributed by atoms with Crippen molar-refractivity contribution in [2.24, 2.45) is 0 Å². The van der Waals surface area contributed by atoms with Gasteiger partial charge in [-0.1, -0.05) is 11.3 Å². The van der Waals surface area contributed by atoms with Crippen LogP contribution in [0.5, 0.6) is 0 Å². The minimum atomic E-state index is -0.522. The van der Waals surface area contributed by atoms with E-state index in [1.165, 1.54) is 17.4 Å². The minimum Gasteiger partial charge on any atom is -0.463 e. The van der Waals surface area contributed by atoms with Gasteiger partial charge in [0.25, 0.3) is 0 Å². The zero-order valence-corrected chi connectivity index (χ0v) is 9.49. The Morgan fingerprint density at radius 1 is 1.56 bits per heavy atom. The fourth-order valence-corrected chi connectivity index (χ4v) is 1.27. The molecule has 1 aromatic rings. The van der Waals surface area contributed by atoms with E-state index in [2.05, 4.69) is 20.3 Å². The summed E-state index contributed by atoms with van der Waals surface area (Å²) in [6, 6.07) is 0. The Morgan fingerprint density at radius 2 is 2.38 bits per heavy atom. The molecule has 0 aliphatic heterocycles. The molecule has 0 aliphatic rings. The van der Waals surface area contributed by atoms with E-state index < -0.39 is 5.97 Å². The first-order chi connectivity index (χ1) is 7.72. The van der Waals surface area contributed by atoms with Crippen LogP contribution in [0.15, 0.2) is 17.7 Å². The van der Waals surface area contributed by atoms with E-state index in [1.54, 1.807) is 12.4 Å². The summed E-state index contributed by atoms with van der Waals surface area (Å²) in [5.74, 6) is -0.755. The van der Waals surface area contributed by atoms with Crippen LogP contribution < -0.4 is 5.32 Å². The molecule has 0 amide bonds. The highest BCUT2D eigenvalue weighted by atomic mass is 32.1. The molecule has 0 saturated carbocycles. The van der Waals surface area contributed by atoms with Gasteiger partial charge >= 0.3 is 5.97 Å². The number of rotatable bonds is 6. The quantitative estimate of drug-likeness (QED) is 0.581. The highest BCUT2D eigenvalue weighted by molar-refractivity contribution is 7.13. The Kier molecular flexibility index (Phi) is 5.13.